The van der Waals surface area contributed by atoms with Gasteiger partial charge in [0.25, 0.3) is 5.91 Å². The topological polar surface area (TPSA) is 68.5 Å². The number of rotatable bonds is 5. The van der Waals surface area contributed by atoms with E-state index in [0.717, 1.165) is 33.9 Å². The quantitative estimate of drug-likeness (QED) is 0.450. The van der Waals surface area contributed by atoms with Crippen molar-refractivity contribution < 1.29 is 9.53 Å². The van der Waals surface area contributed by atoms with Crippen LogP contribution >= 0.6 is 22.9 Å². The van der Waals surface area contributed by atoms with Crippen molar-refractivity contribution in [1.29, 1.82) is 0 Å². The minimum absolute atomic E-state index is 0.0407. The molecule has 5 rings (SSSR count). The van der Waals surface area contributed by atoms with Gasteiger partial charge in [0.2, 0.25) is 0 Å². The Balaban J connectivity index is 1.56. The van der Waals surface area contributed by atoms with Gasteiger partial charge in [-0.3, -0.25) is 9.78 Å². The second-order valence-electron chi connectivity index (χ2n) is 7.26. The summed E-state index contributed by atoms with van der Waals surface area (Å²) in [6.45, 7) is 0.751. The summed E-state index contributed by atoms with van der Waals surface area (Å²) < 4.78 is 7.68. The third-order valence-corrected chi connectivity index (χ3v) is 6.19. The number of pyridine rings is 1. The predicted molar refractivity (Wildman–Crippen MR) is 126 cm³/mol. The van der Waals surface area contributed by atoms with E-state index in [4.69, 9.17) is 21.3 Å². The molecule has 8 heteroatoms. The van der Waals surface area contributed by atoms with Gasteiger partial charge in [-0.2, -0.15) is 0 Å². The number of carbonyl (C=O) groups is 1. The van der Waals surface area contributed by atoms with Gasteiger partial charge in [0, 0.05) is 40.8 Å². The molecular formula is C24H19ClN4O2S. The minimum atomic E-state index is -0.151. The molecule has 0 fully saturated rings. The van der Waals surface area contributed by atoms with Crippen LogP contribution in [-0.2, 0) is 17.8 Å². The molecular weight excluding hydrogens is 444 g/mol. The summed E-state index contributed by atoms with van der Waals surface area (Å²) in [6.07, 6.45) is 2.57. The Bertz CT molecular complexity index is 1330. The van der Waals surface area contributed by atoms with Crippen molar-refractivity contribution in [2.45, 2.75) is 13.0 Å². The molecule has 0 radical (unpaired) electrons. The third-order valence-electron chi connectivity index (χ3n) is 5.07. The smallest absolute Gasteiger partial charge is 0.262 e. The number of nitrogens with zero attached hydrogens (tertiary/aromatic N) is 3. The number of aromatic nitrogens is 2. The first-order valence-electron chi connectivity index (χ1n) is 10.1. The van der Waals surface area contributed by atoms with Crippen LogP contribution in [0, 0.1) is 0 Å². The molecule has 2 aromatic heterocycles. The summed E-state index contributed by atoms with van der Waals surface area (Å²) in [5.41, 5.74) is 4.52. The van der Waals surface area contributed by atoms with Crippen LogP contribution in [0.15, 0.2) is 77.2 Å². The Morgan fingerprint density at radius 1 is 1.16 bits per heavy atom. The molecule has 4 aromatic rings. The number of fused-ring (bicyclic) bond motifs is 1. The van der Waals surface area contributed by atoms with E-state index in [1.54, 1.807) is 17.5 Å². The van der Waals surface area contributed by atoms with E-state index in [1.165, 1.54) is 0 Å². The normalized spacial score (nSPS) is 13.4. The maximum absolute atomic E-state index is 11.8. The lowest BCUT2D eigenvalue weighted by Crippen LogP contribution is -2.25. The highest BCUT2D eigenvalue weighted by Gasteiger charge is 2.18. The SMILES string of the molecule is O=C1COc2ccc(-c3csc(=Nc4ccc(Cl)cc4)n3CCc3ccccn3)cc2N1. The summed E-state index contributed by atoms with van der Waals surface area (Å²) in [6, 6.07) is 19.2. The van der Waals surface area contributed by atoms with E-state index in [0.29, 0.717) is 23.0 Å². The van der Waals surface area contributed by atoms with Crippen LogP contribution in [0.25, 0.3) is 11.3 Å². The van der Waals surface area contributed by atoms with Crippen LogP contribution in [0.4, 0.5) is 11.4 Å². The second-order valence-corrected chi connectivity index (χ2v) is 8.54. The standard InChI is InChI=1S/C24H19ClN4O2S/c25-17-5-7-19(8-6-17)27-24-29(12-10-18-3-1-2-11-26-18)21(15-32-24)16-4-9-22-20(13-16)28-23(30)14-31-22/h1-9,11,13,15H,10,12,14H2,(H,28,30). The molecule has 160 valence electrons. The van der Waals surface area contributed by atoms with E-state index in [2.05, 4.69) is 20.2 Å². The molecule has 0 bridgehead atoms. The van der Waals surface area contributed by atoms with E-state index in [9.17, 15) is 4.79 Å². The van der Waals surface area contributed by atoms with Crippen LogP contribution in [0.2, 0.25) is 5.02 Å². The molecule has 0 saturated carbocycles. The monoisotopic (exact) mass is 462 g/mol. The lowest BCUT2D eigenvalue weighted by atomic mass is 10.1. The maximum Gasteiger partial charge on any atom is 0.262 e. The lowest BCUT2D eigenvalue weighted by molar-refractivity contribution is -0.118. The summed E-state index contributed by atoms with van der Waals surface area (Å²) >= 11 is 7.59. The molecule has 0 unspecified atom stereocenters. The molecule has 32 heavy (non-hydrogen) atoms. The van der Waals surface area contributed by atoms with E-state index in [-0.39, 0.29) is 12.5 Å². The van der Waals surface area contributed by atoms with Gasteiger partial charge in [-0.05, 0) is 54.6 Å². The molecule has 1 aliphatic rings. The number of aryl methyl sites for hydroxylation is 1. The average Bonchev–Trinajstić information content (AvgIpc) is 3.21. The molecule has 3 heterocycles. The fraction of sp³-hybridized carbons (Fsp3) is 0.125. The number of nitrogens with one attached hydrogen (secondary N) is 1. The molecule has 0 atom stereocenters. The van der Waals surface area contributed by atoms with Crippen LogP contribution in [-0.4, -0.2) is 22.1 Å². The van der Waals surface area contributed by atoms with Gasteiger partial charge in [-0.25, -0.2) is 4.99 Å². The molecule has 2 aromatic carbocycles. The van der Waals surface area contributed by atoms with Crippen LogP contribution < -0.4 is 14.9 Å². The molecule has 0 aliphatic carbocycles. The highest BCUT2D eigenvalue weighted by atomic mass is 35.5. The number of ether oxygens (including phenoxy) is 1. The second kappa shape index (κ2) is 8.98. The van der Waals surface area contributed by atoms with Gasteiger partial charge in [0.05, 0.1) is 17.1 Å². The summed E-state index contributed by atoms with van der Waals surface area (Å²) in [5, 5.41) is 5.65. The van der Waals surface area contributed by atoms with Crippen LogP contribution in [0.1, 0.15) is 5.69 Å². The van der Waals surface area contributed by atoms with Crippen molar-refractivity contribution >= 4 is 40.2 Å². The first-order valence-corrected chi connectivity index (χ1v) is 11.4. The van der Waals surface area contributed by atoms with Crippen LogP contribution in [0.5, 0.6) is 5.75 Å². The Kier molecular flexibility index (Phi) is 5.75. The molecule has 1 amide bonds. The zero-order chi connectivity index (χ0) is 21.9. The fourth-order valence-electron chi connectivity index (χ4n) is 3.51. The lowest BCUT2D eigenvalue weighted by Gasteiger charge is -2.19. The van der Waals surface area contributed by atoms with Gasteiger partial charge in [-0.1, -0.05) is 17.7 Å². The number of thiazole rings is 1. The molecule has 1 aliphatic heterocycles. The van der Waals surface area contributed by atoms with Crippen LogP contribution in [0.3, 0.4) is 0 Å². The van der Waals surface area contributed by atoms with Gasteiger partial charge in [0.1, 0.15) is 5.75 Å². The van der Waals surface area contributed by atoms with E-state index in [1.807, 2.05) is 60.7 Å². The zero-order valence-electron chi connectivity index (χ0n) is 17.0. The number of anilines is 1. The summed E-state index contributed by atoms with van der Waals surface area (Å²) in [7, 11) is 0. The molecule has 0 saturated heterocycles. The van der Waals surface area contributed by atoms with Crippen molar-refractivity contribution in [1.82, 2.24) is 9.55 Å². The van der Waals surface area contributed by atoms with Gasteiger partial charge in [0.15, 0.2) is 11.4 Å². The van der Waals surface area contributed by atoms with Crippen molar-refractivity contribution in [3.05, 3.63) is 87.8 Å². The molecule has 0 spiro atoms. The highest BCUT2D eigenvalue weighted by molar-refractivity contribution is 7.07. The third kappa shape index (κ3) is 4.44. The number of carbonyl (C=O) groups excluding carboxylic acids is 1. The molecule has 1 N–H and O–H groups in total. The van der Waals surface area contributed by atoms with Crippen molar-refractivity contribution in [2.24, 2.45) is 4.99 Å². The first-order chi connectivity index (χ1) is 15.7. The van der Waals surface area contributed by atoms with Gasteiger partial charge < -0.3 is 14.6 Å². The summed E-state index contributed by atoms with van der Waals surface area (Å²) in [4.78, 5) is 21.9. The maximum atomic E-state index is 11.8. The number of hydrogen-bond acceptors (Lipinski definition) is 5. The Labute approximate surface area is 193 Å². The number of halogens is 1. The predicted octanol–water partition coefficient (Wildman–Crippen LogP) is 5.07. The number of hydrogen-bond donors (Lipinski definition) is 1. The number of benzene rings is 2. The van der Waals surface area contributed by atoms with Gasteiger partial charge in [-0.15, -0.1) is 11.3 Å². The fourth-order valence-corrected chi connectivity index (χ4v) is 4.59. The summed E-state index contributed by atoms with van der Waals surface area (Å²) in [5.74, 6) is 0.524. The largest absolute Gasteiger partial charge is 0.482 e. The van der Waals surface area contributed by atoms with Gasteiger partial charge >= 0.3 is 0 Å². The Morgan fingerprint density at radius 3 is 2.84 bits per heavy atom. The van der Waals surface area contributed by atoms with E-state index >= 15 is 0 Å². The Hall–Kier alpha value is -3.42. The average molecular weight is 463 g/mol. The Morgan fingerprint density at radius 2 is 2.03 bits per heavy atom. The van der Waals surface area contributed by atoms with E-state index < -0.39 is 0 Å². The first kappa shape index (κ1) is 20.5. The van der Waals surface area contributed by atoms with Crippen molar-refractivity contribution in [2.75, 3.05) is 11.9 Å². The van der Waals surface area contributed by atoms with Crippen molar-refractivity contribution in [3.8, 4) is 17.0 Å². The number of amides is 1. The van der Waals surface area contributed by atoms with Crippen molar-refractivity contribution in [3.63, 3.8) is 0 Å². The highest BCUT2D eigenvalue weighted by Crippen LogP contribution is 2.33. The molecule has 6 nitrogen and oxygen atoms in total. The zero-order valence-corrected chi connectivity index (χ0v) is 18.6. The minimum Gasteiger partial charge on any atom is -0.482 e.